The molecule has 146 valence electrons. The van der Waals surface area contributed by atoms with Gasteiger partial charge in [0, 0.05) is 18.8 Å². The highest BCUT2D eigenvalue weighted by molar-refractivity contribution is 5.95. The summed E-state index contributed by atoms with van der Waals surface area (Å²) < 4.78 is 12.1. The van der Waals surface area contributed by atoms with Crippen LogP contribution < -0.4 is 9.47 Å². The standard InChI is InChI=1S/C19H25N3O5/c1-19(2,3)22-11-14(9-20-22)18(25)21(12-17(23)24)10-13-6-15(26-4)8-16(7-13)27-5/h6-9,11H,10,12H2,1-5H3,(H,23,24). The van der Waals surface area contributed by atoms with E-state index >= 15 is 0 Å². The van der Waals surface area contributed by atoms with Gasteiger partial charge < -0.3 is 19.5 Å². The summed E-state index contributed by atoms with van der Waals surface area (Å²) in [4.78, 5) is 25.4. The summed E-state index contributed by atoms with van der Waals surface area (Å²) in [5.74, 6) is -0.378. The fraction of sp³-hybridized carbons (Fsp3) is 0.421. The number of aliphatic carboxylic acids is 1. The molecule has 0 spiro atoms. The number of ether oxygens (including phenoxy) is 2. The van der Waals surface area contributed by atoms with Gasteiger partial charge in [-0.1, -0.05) is 0 Å². The zero-order valence-corrected chi connectivity index (χ0v) is 16.2. The lowest BCUT2D eigenvalue weighted by atomic mass is 10.1. The Balaban J connectivity index is 2.31. The Hall–Kier alpha value is -3.03. The number of carboxylic acid groups (broad SMARTS) is 1. The van der Waals surface area contributed by atoms with Gasteiger partial charge in [0.2, 0.25) is 0 Å². The molecule has 2 rings (SSSR count). The van der Waals surface area contributed by atoms with Gasteiger partial charge in [0.25, 0.3) is 5.91 Å². The highest BCUT2D eigenvalue weighted by atomic mass is 16.5. The van der Waals surface area contributed by atoms with Crippen molar-refractivity contribution in [2.75, 3.05) is 20.8 Å². The number of hydrogen-bond acceptors (Lipinski definition) is 5. The Bertz CT molecular complexity index is 801. The number of carbonyl (C=O) groups excluding carboxylic acids is 1. The summed E-state index contributed by atoms with van der Waals surface area (Å²) in [6, 6.07) is 5.19. The molecule has 2 aromatic rings. The number of carbonyl (C=O) groups is 2. The molecule has 1 heterocycles. The minimum absolute atomic E-state index is 0.0966. The SMILES string of the molecule is COc1cc(CN(CC(=O)O)C(=O)c2cnn(C(C)(C)C)c2)cc(OC)c1. The van der Waals surface area contributed by atoms with Crippen molar-refractivity contribution in [1.29, 1.82) is 0 Å². The average molecular weight is 375 g/mol. The topological polar surface area (TPSA) is 93.9 Å². The lowest BCUT2D eigenvalue weighted by molar-refractivity contribution is -0.137. The summed E-state index contributed by atoms with van der Waals surface area (Å²) >= 11 is 0. The van der Waals surface area contributed by atoms with Gasteiger partial charge in [0.05, 0.1) is 31.5 Å². The van der Waals surface area contributed by atoms with E-state index < -0.39 is 18.4 Å². The van der Waals surface area contributed by atoms with E-state index in [0.29, 0.717) is 22.6 Å². The van der Waals surface area contributed by atoms with E-state index in [4.69, 9.17) is 9.47 Å². The molecule has 0 fully saturated rings. The van der Waals surface area contributed by atoms with Gasteiger partial charge in [-0.15, -0.1) is 0 Å². The van der Waals surface area contributed by atoms with E-state index in [1.54, 1.807) is 29.1 Å². The number of hydrogen-bond donors (Lipinski definition) is 1. The number of nitrogens with zero attached hydrogens (tertiary/aromatic N) is 3. The van der Waals surface area contributed by atoms with Crippen molar-refractivity contribution in [1.82, 2.24) is 14.7 Å². The van der Waals surface area contributed by atoms with Crippen LogP contribution in [0.1, 0.15) is 36.7 Å². The Kier molecular flexibility index (Phi) is 6.09. The van der Waals surface area contributed by atoms with Crippen molar-refractivity contribution in [2.45, 2.75) is 32.9 Å². The average Bonchev–Trinajstić information content (AvgIpc) is 3.10. The van der Waals surface area contributed by atoms with Crippen molar-refractivity contribution in [2.24, 2.45) is 0 Å². The van der Waals surface area contributed by atoms with Crippen LogP contribution in [0.25, 0.3) is 0 Å². The molecular weight excluding hydrogens is 350 g/mol. The number of amides is 1. The third kappa shape index (κ3) is 5.22. The first-order valence-corrected chi connectivity index (χ1v) is 8.42. The highest BCUT2D eigenvalue weighted by Gasteiger charge is 2.23. The Labute approximate surface area is 158 Å². The Morgan fingerprint density at radius 3 is 2.19 bits per heavy atom. The van der Waals surface area contributed by atoms with Crippen LogP contribution in [0, 0.1) is 0 Å². The summed E-state index contributed by atoms with van der Waals surface area (Å²) in [7, 11) is 3.05. The molecule has 27 heavy (non-hydrogen) atoms. The van der Waals surface area contributed by atoms with Crippen LogP contribution in [0.3, 0.4) is 0 Å². The largest absolute Gasteiger partial charge is 0.497 e. The van der Waals surface area contributed by atoms with Gasteiger partial charge in [0.1, 0.15) is 18.0 Å². The van der Waals surface area contributed by atoms with E-state index in [1.165, 1.54) is 25.3 Å². The number of methoxy groups -OCH3 is 2. The molecule has 0 aliphatic heterocycles. The number of aromatic nitrogens is 2. The molecule has 0 saturated carbocycles. The van der Waals surface area contributed by atoms with Crippen LogP contribution in [0.2, 0.25) is 0 Å². The molecule has 0 atom stereocenters. The smallest absolute Gasteiger partial charge is 0.323 e. The molecule has 0 aliphatic rings. The summed E-state index contributed by atoms with van der Waals surface area (Å²) in [6.07, 6.45) is 3.08. The molecule has 1 amide bonds. The summed E-state index contributed by atoms with van der Waals surface area (Å²) in [6.45, 7) is 5.56. The van der Waals surface area contributed by atoms with Gasteiger partial charge in [-0.05, 0) is 38.5 Å². The lowest BCUT2D eigenvalue weighted by Crippen LogP contribution is -2.35. The zero-order chi connectivity index (χ0) is 20.2. The minimum Gasteiger partial charge on any atom is -0.497 e. The monoisotopic (exact) mass is 375 g/mol. The predicted molar refractivity (Wildman–Crippen MR) is 99.1 cm³/mol. The maximum Gasteiger partial charge on any atom is 0.323 e. The number of rotatable bonds is 7. The van der Waals surface area contributed by atoms with Gasteiger partial charge in [-0.2, -0.15) is 5.10 Å². The van der Waals surface area contributed by atoms with Crippen LogP contribution in [0.15, 0.2) is 30.6 Å². The van der Waals surface area contributed by atoms with E-state index in [0.717, 1.165) is 0 Å². The molecule has 1 N–H and O–H groups in total. The second kappa shape index (κ2) is 8.11. The first-order valence-electron chi connectivity index (χ1n) is 8.42. The second-order valence-corrected chi connectivity index (χ2v) is 7.12. The molecule has 8 nitrogen and oxygen atoms in total. The lowest BCUT2D eigenvalue weighted by Gasteiger charge is -2.21. The van der Waals surface area contributed by atoms with Crippen LogP contribution >= 0.6 is 0 Å². The first kappa shape index (κ1) is 20.3. The third-order valence-corrected chi connectivity index (χ3v) is 3.91. The summed E-state index contributed by atoms with van der Waals surface area (Å²) in [5.41, 5.74) is 0.751. The zero-order valence-electron chi connectivity index (χ0n) is 16.2. The third-order valence-electron chi connectivity index (χ3n) is 3.91. The van der Waals surface area contributed by atoms with Crippen molar-refractivity contribution >= 4 is 11.9 Å². The molecular formula is C19H25N3O5. The van der Waals surface area contributed by atoms with E-state index in [-0.39, 0.29) is 12.1 Å². The molecule has 1 aromatic heterocycles. The van der Waals surface area contributed by atoms with Crippen molar-refractivity contribution < 1.29 is 24.2 Å². The molecule has 0 unspecified atom stereocenters. The Morgan fingerprint density at radius 1 is 1.15 bits per heavy atom. The van der Waals surface area contributed by atoms with Gasteiger partial charge in [0.15, 0.2) is 0 Å². The van der Waals surface area contributed by atoms with Gasteiger partial charge in [-0.25, -0.2) is 0 Å². The molecule has 0 aliphatic carbocycles. The number of carboxylic acids is 1. The first-order chi connectivity index (χ1) is 12.6. The maximum absolute atomic E-state index is 12.9. The van der Waals surface area contributed by atoms with Crippen LogP contribution in [0.5, 0.6) is 11.5 Å². The van der Waals surface area contributed by atoms with Crippen molar-refractivity contribution in [3.63, 3.8) is 0 Å². The fourth-order valence-electron chi connectivity index (χ4n) is 2.52. The summed E-state index contributed by atoms with van der Waals surface area (Å²) in [5, 5.41) is 13.4. The van der Waals surface area contributed by atoms with E-state index in [2.05, 4.69) is 5.10 Å². The van der Waals surface area contributed by atoms with E-state index in [1.807, 2.05) is 20.8 Å². The predicted octanol–water partition coefficient (Wildman–Crippen LogP) is 2.38. The second-order valence-electron chi connectivity index (χ2n) is 7.12. The maximum atomic E-state index is 12.9. The number of benzene rings is 1. The van der Waals surface area contributed by atoms with Gasteiger partial charge >= 0.3 is 5.97 Å². The highest BCUT2D eigenvalue weighted by Crippen LogP contribution is 2.24. The molecule has 1 aromatic carbocycles. The van der Waals surface area contributed by atoms with Crippen molar-refractivity contribution in [3.8, 4) is 11.5 Å². The normalized spacial score (nSPS) is 11.1. The van der Waals surface area contributed by atoms with Crippen LogP contribution in [0.4, 0.5) is 0 Å². The molecule has 0 saturated heterocycles. The van der Waals surface area contributed by atoms with Gasteiger partial charge in [-0.3, -0.25) is 14.3 Å². The quantitative estimate of drug-likeness (QED) is 0.799. The minimum atomic E-state index is -1.10. The van der Waals surface area contributed by atoms with Crippen LogP contribution in [-0.2, 0) is 16.9 Å². The molecule has 8 heteroatoms. The van der Waals surface area contributed by atoms with Crippen molar-refractivity contribution in [3.05, 3.63) is 41.7 Å². The molecule has 0 radical (unpaired) electrons. The van der Waals surface area contributed by atoms with E-state index in [9.17, 15) is 14.7 Å². The molecule has 0 bridgehead atoms. The Morgan fingerprint density at radius 2 is 1.74 bits per heavy atom. The van der Waals surface area contributed by atoms with Crippen LogP contribution in [-0.4, -0.2) is 52.4 Å². The fourth-order valence-corrected chi connectivity index (χ4v) is 2.52.